The molecule has 1 atom stereocenters. The average molecular weight is 486 g/mol. The first kappa shape index (κ1) is 25.2. The average Bonchev–Trinajstić information content (AvgIpc) is 3.14. The molecule has 1 N–H and O–H groups in total. The van der Waals surface area contributed by atoms with Crippen molar-refractivity contribution in [3.8, 4) is 5.75 Å². The Morgan fingerprint density at radius 1 is 0.944 bits per heavy atom. The van der Waals surface area contributed by atoms with E-state index >= 15 is 0 Å². The summed E-state index contributed by atoms with van der Waals surface area (Å²) < 4.78 is 11.0. The Morgan fingerprint density at radius 3 is 2.31 bits per heavy atom. The number of methoxy groups -OCH3 is 1. The minimum atomic E-state index is -0.685. The van der Waals surface area contributed by atoms with E-state index in [0.29, 0.717) is 37.5 Å². The van der Waals surface area contributed by atoms with Gasteiger partial charge in [-0.05, 0) is 61.2 Å². The van der Waals surface area contributed by atoms with Crippen LogP contribution in [0.25, 0.3) is 5.76 Å². The monoisotopic (exact) mass is 485 g/mol. The highest BCUT2D eigenvalue weighted by Crippen LogP contribution is 2.39. The molecule has 0 saturated carbocycles. The number of aliphatic hydroxyl groups is 1. The van der Waals surface area contributed by atoms with Gasteiger partial charge in [-0.2, -0.15) is 0 Å². The van der Waals surface area contributed by atoms with E-state index in [1.54, 1.807) is 31.4 Å². The second kappa shape index (κ2) is 11.2. The smallest absolute Gasteiger partial charge is 0.295 e. The van der Waals surface area contributed by atoms with Gasteiger partial charge in [-0.15, -0.1) is 0 Å². The van der Waals surface area contributed by atoms with E-state index in [-0.39, 0.29) is 11.3 Å². The molecule has 0 spiro atoms. The van der Waals surface area contributed by atoms with Crippen molar-refractivity contribution in [1.82, 2.24) is 4.90 Å². The minimum absolute atomic E-state index is 0.0925. The number of benzene rings is 3. The molecule has 1 amide bonds. The summed E-state index contributed by atoms with van der Waals surface area (Å²) >= 11 is 0. The Bertz CT molecular complexity index is 1260. The van der Waals surface area contributed by atoms with Gasteiger partial charge in [0.1, 0.15) is 18.1 Å². The molecule has 0 aromatic heterocycles. The molecule has 36 heavy (non-hydrogen) atoms. The second-order valence-electron chi connectivity index (χ2n) is 8.99. The summed E-state index contributed by atoms with van der Waals surface area (Å²) in [6, 6.07) is 21.9. The number of carbonyl (C=O) groups is 2. The van der Waals surface area contributed by atoms with Crippen LogP contribution in [0, 0.1) is 13.8 Å². The normalized spacial score (nSPS) is 17.0. The number of hydrogen-bond donors (Lipinski definition) is 1. The van der Waals surface area contributed by atoms with Gasteiger partial charge in [-0.1, -0.05) is 54.1 Å². The van der Waals surface area contributed by atoms with Crippen molar-refractivity contribution in [3.05, 3.63) is 106 Å². The van der Waals surface area contributed by atoms with Crippen molar-refractivity contribution >= 4 is 17.4 Å². The van der Waals surface area contributed by atoms with Gasteiger partial charge in [0, 0.05) is 25.8 Å². The predicted octanol–water partition coefficient (Wildman–Crippen LogP) is 5.34. The van der Waals surface area contributed by atoms with E-state index in [9.17, 15) is 14.7 Å². The molecule has 6 nitrogen and oxygen atoms in total. The molecule has 1 heterocycles. The first-order valence-corrected chi connectivity index (χ1v) is 12.0. The second-order valence-corrected chi connectivity index (χ2v) is 8.99. The first-order valence-electron chi connectivity index (χ1n) is 12.0. The maximum absolute atomic E-state index is 13.1. The molecular formula is C30H31NO5. The number of carbonyl (C=O) groups excluding carboxylic acids is 2. The van der Waals surface area contributed by atoms with Crippen LogP contribution in [0.1, 0.15) is 40.3 Å². The van der Waals surface area contributed by atoms with Gasteiger partial charge < -0.3 is 19.5 Å². The Morgan fingerprint density at radius 2 is 1.64 bits per heavy atom. The molecule has 1 unspecified atom stereocenters. The van der Waals surface area contributed by atoms with Gasteiger partial charge in [0.25, 0.3) is 11.7 Å². The van der Waals surface area contributed by atoms with Crippen LogP contribution < -0.4 is 4.74 Å². The minimum Gasteiger partial charge on any atom is -0.507 e. The number of Topliss-reactive ketones (excluding diaryl/α,β-unsaturated/α-hetero) is 1. The zero-order valence-electron chi connectivity index (χ0n) is 20.9. The van der Waals surface area contributed by atoms with Crippen molar-refractivity contribution in [2.24, 2.45) is 0 Å². The molecule has 3 aromatic carbocycles. The highest BCUT2D eigenvalue weighted by Gasteiger charge is 2.45. The highest BCUT2D eigenvalue weighted by atomic mass is 16.5. The third kappa shape index (κ3) is 5.34. The van der Waals surface area contributed by atoms with Gasteiger partial charge in [0.05, 0.1) is 11.6 Å². The van der Waals surface area contributed by atoms with E-state index in [2.05, 4.69) is 0 Å². The van der Waals surface area contributed by atoms with Crippen LogP contribution in [0.3, 0.4) is 0 Å². The van der Waals surface area contributed by atoms with Crippen LogP contribution >= 0.6 is 0 Å². The van der Waals surface area contributed by atoms with E-state index < -0.39 is 17.7 Å². The molecule has 1 fully saturated rings. The molecule has 1 aliphatic rings. The molecule has 186 valence electrons. The third-order valence-electron chi connectivity index (χ3n) is 6.46. The highest BCUT2D eigenvalue weighted by molar-refractivity contribution is 6.46. The summed E-state index contributed by atoms with van der Waals surface area (Å²) in [6.45, 7) is 5.25. The Balaban J connectivity index is 1.63. The zero-order chi connectivity index (χ0) is 25.7. The first-order chi connectivity index (χ1) is 17.4. The number of likely N-dealkylation sites (tertiary alicyclic amines) is 1. The molecule has 0 aliphatic carbocycles. The van der Waals surface area contributed by atoms with Gasteiger partial charge in [0.15, 0.2) is 0 Å². The maximum atomic E-state index is 13.1. The number of hydrogen-bond acceptors (Lipinski definition) is 5. The SMILES string of the molecule is COCCCN1C(=O)C(=O)/C(=C(/O)c2ccc(OCc3ccccc3C)cc2)C1c1ccc(C)cc1. The fourth-order valence-electron chi connectivity index (χ4n) is 4.38. The van der Waals surface area contributed by atoms with Crippen LogP contribution in [-0.4, -0.2) is 42.0 Å². The summed E-state index contributed by atoms with van der Waals surface area (Å²) in [5.41, 5.74) is 4.63. The summed E-state index contributed by atoms with van der Waals surface area (Å²) in [4.78, 5) is 27.6. The number of nitrogens with zero attached hydrogens (tertiary/aromatic N) is 1. The van der Waals surface area contributed by atoms with E-state index in [4.69, 9.17) is 9.47 Å². The molecule has 6 heteroatoms. The van der Waals surface area contributed by atoms with Gasteiger partial charge in [-0.3, -0.25) is 9.59 Å². The lowest BCUT2D eigenvalue weighted by Crippen LogP contribution is -2.31. The number of aryl methyl sites for hydroxylation is 2. The van der Waals surface area contributed by atoms with Gasteiger partial charge >= 0.3 is 0 Å². The summed E-state index contributed by atoms with van der Waals surface area (Å²) in [5.74, 6) is -0.852. The molecule has 4 rings (SSSR count). The third-order valence-corrected chi connectivity index (χ3v) is 6.46. The molecule has 0 bridgehead atoms. The summed E-state index contributed by atoms with van der Waals surface area (Å²) in [7, 11) is 1.60. The molecule has 1 aliphatic heterocycles. The maximum Gasteiger partial charge on any atom is 0.295 e. The van der Waals surface area contributed by atoms with Crippen molar-refractivity contribution < 1.29 is 24.2 Å². The topological polar surface area (TPSA) is 76.1 Å². The van der Waals surface area contributed by atoms with Crippen LogP contribution in [0.2, 0.25) is 0 Å². The predicted molar refractivity (Wildman–Crippen MR) is 139 cm³/mol. The zero-order valence-corrected chi connectivity index (χ0v) is 20.9. The fourth-order valence-corrected chi connectivity index (χ4v) is 4.38. The van der Waals surface area contributed by atoms with E-state index in [0.717, 1.165) is 22.3 Å². The van der Waals surface area contributed by atoms with Crippen LogP contribution in [0.5, 0.6) is 5.75 Å². The Labute approximate surface area is 211 Å². The van der Waals surface area contributed by atoms with Crippen molar-refractivity contribution in [2.45, 2.75) is 32.9 Å². The Kier molecular flexibility index (Phi) is 7.86. The molecule has 1 saturated heterocycles. The fraction of sp³-hybridized carbons (Fsp3) is 0.267. The molecule has 3 aromatic rings. The van der Waals surface area contributed by atoms with Crippen LogP contribution in [0.15, 0.2) is 78.4 Å². The molecule has 0 radical (unpaired) electrons. The molecular weight excluding hydrogens is 454 g/mol. The van der Waals surface area contributed by atoms with Gasteiger partial charge in [-0.25, -0.2) is 0 Å². The lowest BCUT2D eigenvalue weighted by Gasteiger charge is -2.25. The lowest BCUT2D eigenvalue weighted by atomic mass is 9.94. The largest absolute Gasteiger partial charge is 0.507 e. The van der Waals surface area contributed by atoms with Crippen molar-refractivity contribution in [3.63, 3.8) is 0 Å². The van der Waals surface area contributed by atoms with E-state index in [1.807, 2.05) is 62.4 Å². The Hall–Kier alpha value is -3.90. The van der Waals surface area contributed by atoms with E-state index in [1.165, 1.54) is 4.90 Å². The number of ether oxygens (including phenoxy) is 2. The number of ketones is 1. The summed E-state index contributed by atoms with van der Waals surface area (Å²) in [6.07, 6.45) is 0.582. The van der Waals surface area contributed by atoms with Crippen molar-refractivity contribution in [1.29, 1.82) is 0 Å². The quantitative estimate of drug-likeness (QED) is 0.192. The van der Waals surface area contributed by atoms with Crippen LogP contribution in [0.4, 0.5) is 0 Å². The van der Waals surface area contributed by atoms with Gasteiger partial charge in [0.2, 0.25) is 0 Å². The van der Waals surface area contributed by atoms with Crippen molar-refractivity contribution in [2.75, 3.05) is 20.3 Å². The van der Waals surface area contributed by atoms with Crippen LogP contribution in [-0.2, 0) is 20.9 Å². The summed E-state index contributed by atoms with van der Waals surface area (Å²) in [5, 5.41) is 11.2. The standard InChI is InChI=1S/C30H31NO5/c1-20-9-11-22(12-10-20)27-26(29(33)30(34)31(27)17-6-18-35-3)28(32)23-13-15-25(16-14-23)36-19-24-8-5-4-7-21(24)2/h4-5,7-16,27,32H,6,17-19H2,1-3H3/b28-26+. The lowest BCUT2D eigenvalue weighted by molar-refractivity contribution is -0.140. The number of amides is 1. The number of aliphatic hydroxyl groups excluding tert-OH is 1. The number of rotatable bonds is 9.